The number of imide groups is 1. The van der Waals surface area contributed by atoms with Crippen LogP contribution in [0, 0.1) is 6.92 Å². The van der Waals surface area contributed by atoms with Crippen LogP contribution >= 0.6 is 23.3 Å². The third-order valence-corrected chi connectivity index (χ3v) is 6.58. The van der Waals surface area contributed by atoms with E-state index in [2.05, 4.69) is 62.9 Å². The number of hydrogen-bond donors (Lipinski definition) is 5. The summed E-state index contributed by atoms with van der Waals surface area (Å²) in [5.41, 5.74) is 0.916. The number of aryl methyl sites for hydroxylation is 1. The molecule has 0 saturated carbocycles. The van der Waals surface area contributed by atoms with Crippen LogP contribution in [-0.4, -0.2) is 84.2 Å². The van der Waals surface area contributed by atoms with Crippen molar-refractivity contribution in [2.75, 3.05) is 26.7 Å². The average molecular weight is 761 g/mol. The highest BCUT2D eigenvalue weighted by atomic mass is 33.1. The van der Waals surface area contributed by atoms with Crippen molar-refractivity contribution in [3.63, 3.8) is 0 Å². The summed E-state index contributed by atoms with van der Waals surface area (Å²) in [7, 11) is 1.31. The van der Waals surface area contributed by atoms with Gasteiger partial charge in [-0.25, -0.2) is 4.79 Å². The molecule has 1 aromatic heterocycles. The van der Waals surface area contributed by atoms with E-state index in [-0.39, 0.29) is 43.5 Å². The quantitative estimate of drug-likeness (QED) is 0.0314. The lowest BCUT2D eigenvalue weighted by Gasteiger charge is -2.22. The van der Waals surface area contributed by atoms with E-state index in [1.165, 1.54) is 14.0 Å². The van der Waals surface area contributed by atoms with Crippen molar-refractivity contribution in [2.24, 2.45) is 0 Å². The van der Waals surface area contributed by atoms with Crippen molar-refractivity contribution in [1.82, 2.24) is 20.6 Å². The van der Waals surface area contributed by atoms with E-state index in [1.54, 1.807) is 13.0 Å². The number of carbonyl (C=O) groups excluding carboxylic acids is 5. The molecule has 1 aliphatic rings. The number of thiol groups is 2. The SMILES string of the molecule is C=CC(=C)/C=C\CCCCCCCN(CCNC(=O)C(CC=O)NC(C)=O)Cc1oc(=O)oc1C.CC.CON1C(=O)CCC1=O.O=CO.SS. The van der Waals surface area contributed by atoms with E-state index >= 15 is 0 Å². The minimum Gasteiger partial charge on any atom is -0.483 e. The highest BCUT2D eigenvalue weighted by Crippen LogP contribution is 2.12. The largest absolute Gasteiger partial charge is 0.519 e. The Morgan fingerprint density at radius 2 is 1.61 bits per heavy atom. The molecule has 2 heterocycles. The molecule has 0 bridgehead atoms. The number of rotatable bonds is 20. The van der Waals surface area contributed by atoms with Gasteiger partial charge in [-0.3, -0.25) is 33.7 Å². The summed E-state index contributed by atoms with van der Waals surface area (Å²) in [5.74, 6) is -1.12. The molecule has 3 N–H and O–H groups in total. The number of carbonyl (C=O) groups is 6. The predicted molar refractivity (Wildman–Crippen MR) is 201 cm³/mol. The second-order valence-electron chi connectivity index (χ2n) is 10.3. The van der Waals surface area contributed by atoms with E-state index < -0.39 is 17.8 Å². The van der Waals surface area contributed by atoms with Crippen molar-refractivity contribution < 1.29 is 47.5 Å². The molecule has 290 valence electrons. The van der Waals surface area contributed by atoms with E-state index in [4.69, 9.17) is 18.7 Å². The maximum Gasteiger partial charge on any atom is 0.519 e. The lowest BCUT2D eigenvalue weighted by molar-refractivity contribution is -0.179. The number of allylic oxidation sites excluding steroid dienone is 4. The lowest BCUT2D eigenvalue weighted by Crippen LogP contribution is -2.47. The van der Waals surface area contributed by atoms with Crippen LogP contribution in [0.3, 0.4) is 0 Å². The zero-order valence-corrected chi connectivity index (χ0v) is 32.2. The molecule has 0 aromatic carbocycles. The van der Waals surface area contributed by atoms with Crippen LogP contribution in [0.1, 0.15) is 90.1 Å². The molecular formula is C34H56N4O11S2. The number of hydroxylamine groups is 2. The van der Waals surface area contributed by atoms with Crippen molar-refractivity contribution in [1.29, 1.82) is 0 Å². The molecule has 17 heteroatoms. The van der Waals surface area contributed by atoms with Gasteiger partial charge in [-0.15, -0.1) is 23.3 Å². The monoisotopic (exact) mass is 760 g/mol. The zero-order chi connectivity index (χ0) is 39.6. The van der Waals surface area contributed by atoms with Crippen molar-refractivity contribution in [2.45, 2.75) is 98.1 Å². The third kappa shape index (κ3) is 26.5. The molecular weight excluding hydrogens is 705 g/mol. The maximum absolute atomic E-state index is 12.3. The number of nitrogens with zero attached hydrogens (tertiary/aromatic N) is 2. The Labute approximate surface area is 311 Å². The topological polar surface area (TPSA) is 206 Å². The predicted octanol–water partition coefficient (Wildman–Crippen LogP) is 4.38. The number of nitrogens with one attached hydrogen (secondary N) is 2. The summed E-state index contributed by atoms with van der Waals surface area (Å²) in [6.45, 7) is 16.2. The second kappa shape index (κ2) is 34.5. The summed E-state index contributed by atoms with van der Waals surface area (Å²) in [6.07, 6.45) is 13.3. The molecule has 15 nitrogen and oxygen atoms in total. The average Bonchev–Trinajstić information content (AvgIpc) is 3.62. The van der Waals surface area contributed by atoms with E-state index in [0.717, 1.165) is 55.7 Å². The minimum atomic E-state index is -0.891. The maximum atomic E-state index is 12.3. The fraction of sp³-hybridized carbons (Fsp3) is 0.559. The summed E-state index contributed by atoms with van der Waals surface area (Å²) in [6, 6.07) is -0.891. The first-order chi connectivity index (χ1) is 24.4. The van der Waals surface area contributed by atoms with E-state index in [9.17, 15) is 28.8 Å². The molecule has 1 aromatic rings. The Morgan fingerprint density at radius 3 is 2.08 bits per heavy atom. The first-order valence-electron chi connectivity index (χ1n) is 16.4. The fourth-order valence-electron chi connectivity index (χ4n) is 4.22. The smallest absolute Gasteiger partial charge is 0.483 e. The van der Waals surface area contributed by atoms with Crippen LogP contribution in [0.5, 0.6) is 0 Å². The molecule has 51 heavy (non-hydrogen) atoms. The Morgan fingerprint density at radius 1 is 1.04 bits per heavy atom. The number of amides is 4. The molecule has 4 amide bonds. The van der Waals surface area contributed by atoms with Gasteiger partial charge in [-0.05, 0) is 38.3 Å². The van der Waals surface area contributed by atoms with Gasteiger partial charge in [0.1, 0.15) is 18.1 Å². The van der Waals surface area contributed by atoms with Crippen LogP contribution in [0.15, 0.2) is 50.6 Å². The molecule has 2 rings (SSSR count). The highest BCUT2D eigenvalue weighted by molar-refractivity contribution is 8.59. The number of hydrogen-bond acceptors (Lipinski definition) is 13. The normalized spacial score (nSPS) is 12.1. The van der Waals surface area contributed by atoms with Crippen LogP contribution in [0.2, 0.25) is 0 Å². The summed E-state index contributed by atoms with van der Waals surface area (Å²) < 4.78 is 10.1. The van der Waals surface area contributed by atoms with Crippen LogP contribution in [-0.2, 0) is 40.1 Å². The van der Waals surface area contributed by atoms with Gasteiger partial charge in [0, 0.05) is 39.3 Å². The van der Waals surface area contributed by atoms with Crippen LogP contribution in [0.25, 0.3) is 0 Å². The van der Waals surface area contributed by atoms with E-state index in [1.807, 2.05) is 19.9 Å². The molecule has 1 fully saturated rings. The highest BCUT2D eigenvalue weighted by Gasteiger charge is 2.28. The molecule has 0 radical (unpaired) electrons. The van der Waals surface area contributed by atoms with Crippen molar-refractivity contribution >= 4 is 59.7 Å². The standard InChI is InChI=1S/C26H39N3O6.C5H7NO3.C2H6.CH2O2.H2S2/c1-5-20(2)13-11-9-7-6-8-10-12-16-29(19-24-21(3)34-26(33)35-24)17-15-27-25(32)23(14-18-30)28-22(4)31;1-9-6-4(7)2-3-5(6)8;1-2;2-1-3;1-2/h5,11,13,18,23H,1-2,6-10,12,14-17,19H2,3-4H3,(H,27,32)(H,28,31);2-3H2,1H3;1-2H3;1H,(H,2,3);1-2H/b13-11-;;;;. The number of unbranched alkanes of at least 4 members (excludes halogenated alkanes) is 5. The van der Waals surface area contributed by atoms with Gasteiger partial charge in [0.15, 0.2) is 5.76 Å². The fourth-order valence-corrected chi connectivity index (χ4v) is 4.22. The van der Waals surface area contributed by atoms with Crippen molar-refractivity contribution in [3.05, 3.63) is 59.1 Å². The molecule has 1 aliphatic heterocycles. The number of aldehydes is 1. The lowest BCUT2D eigenvalue weighted by atomic mass is 10.1. The third-order valence-electron chi connectivity index (χ3n) is 6.58. The Balaban J connectivity index is -0.00000119. The summed E-state index contributed by atoms with van der Waals surface area (Å²) >= 11 is 6.44. The Kier molecular flexibility index (Phi) is 34.8. The van der Waals surface area contributed by atoms with Gasteiger partial charge in [0.2, 0.25) is 11.8 Å². The van der Waals surface area contributed by atoms with Crippen LogP contribution in [0.4, 0.5) is 0 Å². The van der Waals surface area contributed by atoms with Gasteiger partial charge in [-0.1, -0.05) is 64.5 Å². The molecule has 1 atom stereocenters. The second-order valence-corrected chi connectivity index (χ2v) is 10.3. The van der Waals surface area contributed by atoms with Gasteiger partial charge in [0.25, 0.3) is 18.3 Å². The van der Waals surface area contributed by atoms with Gasteiger partial charge in [0.05, 0.1) is 13.7 Å². The van der Waals surface area contributed by atoms with E-state index in [0.29, 0.717) is 37.4 Å². The van der Waals surface area contributed by atoms with Crippen LogP contribution < -0.4 is 16.5 Å². The molecule has 1 saturated heterocycles. The molecule has 1 unspecified atom stereocenters. The number of carboxylic acid groups (broad SMARTS) is 1. The molecule has 0 aliphatic carbocycles. The first kappa shape index (κ1) is 51.4. The van der Waals surface area contributed by atoms with Gasteiger partial charge in [-0.2, -0.15) is 5.06 Å². The molecule has 0 spiro atoms. The van der Waals surface area contributed by atoms with Gasteiger partial charge >= 0.3 is 5.82 Å². The first-order valence-corrected chi connectivity index (χ1v) is 18.0. The van der Waals surface area contributed by atoms with Crippen molar-refractivity contribution in [3.8, 4) is 0 Å². The Bertz CT molecular complexity index is 1250. The summed E-state index contributed by atoms with van der Waals surface area (Å²) in [5, 5.41) is 12.9. The Hall–Kier alpha value is -3.93. The summed E-state index contributed by atoms with van der Waals surface area (Å²) in [4.78, 5) is 81.9. The minimum absolute atomic E-state index is 0.0900. The zero-order valence-electron chi connectivity index (χ0n) is 30.4. The van der Waals surface area contributed by atoms with Gasteiger partial charge < -0.3 is 29.4 Å².